The van der Waals surface area contributed by atoms with E-state index in [9.17, 15) is 10.2 Å². The molecule has 0 aliphatic carbocycles. The van der Waals surface area contributed by atoms with Crippen molar-refractivity contribution in [1.29, 1.82) is 0 Å². The molecule has 3 nitrogen and oxygen atoms in total. The van der Waals surface area contributed by atoms with Crippen LogP contribution >= 0.6 is 11.3 Å². The first-order valence-electron chi connectivity index (χ1n) is 10.6. The Kier molecular flexibility index (Phi) is 7.54. The predicted octanol–water partition coefficient (Wildman–Crippen LogP) is 4.47. The van der Waals surface area contributed by atoms with E-state index in [0.717, 1.165) is 56.6 Å². The summed E-state index contributed by atoms with van der Waals surface area (Å²) in [4.78, 5) is 4.81. The fraction of sp³-hybridized carbons (Fsp3) is 0.520. The minimum absolute atomic E-state index is 0.0874. The highest BCUT2D eigenvalue weighted by Crippen LogP contribution is 2.36. The first-order chi connectivity index (χ1) is 13.9. The summed E-state index contributed by atoms with van der Waals surface area (Å²) in [5.74, 6) is 5.95. The average molecular weight is 412 g/mol. The maximum absolute atomic E-state index is 10.1. The molecule has 2 N–H and O–H groups in total. The van der Waals surface area contributed by atoms with Gasteiger partial charge in [-0.1, -0.05) is 42.2 Å². The van der Waals surface area contributed by atoms with Gasteiger partial charge in [-0.05, 0) is 82.2 Å². The fourth-order valence-electron chi connectivity index (χ4n) is 3.95. The highest BCUT2D eigenvalue weighted by Gasteiger charge is 2.33. The Labute approximate surface area is 179 Å². The molecule has 0 saturated carbocycles. The van der Waals surface area contributed by atoms with E-state index in [1.54, 1.807) is 25.2 Å². The van der Waals surface area contributed by atoms with Gasteiger partial charge in [0.2, 0.25) is 0 Å². The van der Waals surface area contributed by atoms with Crippen LogP contribution < -0.4 is 0 Å². The van der Waals surface area contributed by atoms with Gasteiger partial charge in [0.25, 0.3) is 0 Å². The number of thiophene rings is 1. The number of aliphatic hydroxyl groups is 2. The molecule has 0 spiro atoms. The third-order valence-electron chi connectivity index (χ3n) is 5.80. The van der Waals surface area contributed by atoms with Gasteiger partial charge in [0.1, 0.15) is 5.60 Å². The van der Waals surface area contributed by atoms with E-state index >= 15 is 0 Å². The molecule has 1 saturated heterocycles. The molecule has 156 valence electrons. The van der Waals surface area contributed by atoms with Gasteiger partial charge in [-0.25, -0.2) is 0 Å². The van der Waals surface area contributed by atoms with Crippen LogP contribution in [0, 0.1) is 17.3 Å². The summed E-state index contributed by atoms with van der Waals surface area (Å²) in [5, 5.41) is 19.8. The van der Waals surface area contributed by atoms with Crippen molar-refractivity contribution in [3.05, 3.63) is 57.8 Å². The zero-order valence-corrected chi connectivity index (χ0v) is 18.5. The minimum atomic E-state index is -0.953. The van der Waals surface area contributed by atoms with Gasteiger partial charge in [0.15, 0.2) is 0 Å². The van der Waals surface area contributed by atoms with Crippen LogP contribution in [0.25, 0.3) is 0 Å². The summed E-state index contributed by atoms with van der Waals surface area (Å²) in [6.07, 6.45) is 5.46. The van der Waals surface area contributed by atoms with Crippen molar-refractivity contribution in [2.24, 2.45) is 5.41 Å². The van der Waals surface area contributed by atoms with Gasteiger partial charge >= 0.3 is 0 Å². The normalized spacial score (nSPS) is 17.0. The second-order valence-corrected chi connectivity index (χ2v) is 10.0. The number of aryl methyl sites for hydroxylation is 1. The van der Waals surface area contributed by atoms with E-state index in [4.69, 9.17) is 0 Å². The smallest absolute Gasteiger partial charge is 0.120 e. The van der Waals surface area contributed by atoms with Crippen molar-refractivity contribution in [2.45, 2.75) is 58.1 Å². The number of piperidine rings is 1. The number of aliphatic hydroxyl groups excluding tert-OH is 1. The standard InChI is InChI=1S/C25H33NO2S/c1-24(2,28)14-12-22-10-11-23(29-22)19-26-17-15-25(20-27,16-18-26)13-6-9-21-7-4-3-5-8-21/h3-5,7-8,10-11,27-28H,6,9,13,15-20H2,1-2H3. The van der Waals surface area contributed by atoms with Crippen molar-refractivity contribution < 1.29 is 10.2 Å². The van der Waals surface area contributed by atoms with Crippen molar-refractivity contribution >= 4 is 11.3 Å². The maximum atomic E-state index is 10.1. The van der Waals surface area contributed by atoms with Crippen LogP contribution in [-0.2, 0) is 13.0 Å². The van der Waals surface area contributed by atoms with Crippen molar-refractivity contribution in [2.75, 3.05) is 19.7 Å². The summed E-state index contributed by atoms with van der Waals surface area (Å²) in [6, 6.07) is 14.8. The van der Waals surface area contributed by atoms with E-state index in [-0.39, 0.29) is 5.41 Å². The van der Waals surface area contributed by atoms with Crippen LogP contribution in [0.2, 0.25) is 0 Å². The molecule has 1 aromatic heterocycles. The number of hydrogen-bond acceptors (Lipinski definition) is 4. The number of hydrogen-bond donors (Lipinski definition) is 2. The fourth-order valence-corrected chi connectivity index (χ4v) is 4.85. The molecule has 0 atom stereocenters. The van der Waals surface area contributed by atoms with Gasteiger partial charge in [-0.2, -0.15) is 0 Å². The summed E-state index contributed by atoms with van der Waals surface area (Å²) in [6.45, 7) is 6.72. The summed E-state index contributed by atoms with van der Waals surface area (Å²) in [7, 11) is 0. The molecule has 1 aliphatic heterocycles. The van der Waals surface area contributed by atoms with Crippen LogP contribution in [0.3, 0.4) is 0 Å². The second kappa shape index (κ2) is 9.91. The molecule has 0 unspecified atom stereocenters. The Morgan fingerprint density at radius 2 is 1.83 bits per heavy atom. The minimum Gasteiger partial charge on any atom is -0.396 e. The van der Waals surface area contributed by atoms with Crippen molar-refractivity contribution in [3.8, 4) is 11.8 Å². The molecule has 0 amide bonds. The largest absolute Gasteiger partial charge is 0.396 e. The topological polar surface area (TPSA) is 43.7 Å². The molecule has 0 radical (unpaired) electrons. The molecule has 2 heterocycles. The Hall–Kier alpha value is -1.64. The monoisotopic (exact) mass is 411 g/mol. The number of nitrogens with zero attached hydrogens (tertiary/aromatic N) is 1. The third kappa shape index (κ3) is 6.97. The van der Waals surface area contributed by atoms with Crippen LogP contribution in [-0.4, -0.2) is 40.4 Å². The van der Waals surface area contributed by atoms with Gasteiger partial charge in [-0.3, -0.25) is 4.90 Å². The zero-order valence-electron chi connectivity index (χ0n) is 17.7. The highest BCUT2D eigenvalue weighted by atomic mass is 32.1. The Morgan fingerprint density at radius 1 is 1.10 bits per heavy atom. The van der Waals surface area contributed by atoms with E-state index in [1.165, 1.54) is 10.4 Å². The number of rotatable bonds is 7. The lowest BCUT2D eigenvalue weighted by molar-refractivity contribution is 0.0333. The SMILES string of the molecule is CC(C)(O)C#Cc1ccc(CN2CCC(CO)(CCCc3ccccc3)CC2)s1. The predicted molar refractivity (Wildman–Crippen MR) is 121 cm³/mol. The van der Waals surface area contributed by atoms with Crippen LogP contribution in [0.4, 0.5) is 0 Å². The van der Waals surface area contributed by atoms with E-state index in [2.05, 4.69) is 53.1 Å². The van der Waals surface area contributed by atoms with Crippen LogP contribution in [0.5, 0.6) is 0 Å². The molecule has 2 aromatic rings. The lowest BCUT2D eigenvalue weighted by Gasteiger charge is -2.41. The summed E-state index contributed by atoms with van der Waals surface area (Å²) >= 11 is 1.71. The first-order valence-corrected chi connectivity index (χ1v) is 11.4. The molecular weight excluding hydrogens is 378 g/mol. The number of likely N-dealkylation sites (tertiary alicyclic amines) is 1. The molecule has 1 fully saturated rings. The molecule has 29 heavy (non-hydrogen) atoms. The van der Waals surface area contributed by atoms with E-state index in [0.29, 0.717) is 6.61 Å². The summed E-state index contributed by atoms with van der Waals surface area (Å²) in [5.41, 5.74) is 0.522. The lowest BCUT2D eigenvalue weighted by atomic mass is 9.75. The van der Waals surface area contributed by atoms with Crippen molar-refractivity contribution in [1.82, 2.24) is 4.90 Å². The van der Waals surface area contributed by atoms with Gasteiger partial charge in [0, 0.05) is 18.0 Å². The van der Waals surface area contributed by atoms with E-state index < -0.39 is 5.60 Å². The van der Waals surface area contributed by atoms with Gasteiger partial charge in [0.05, 0.1) is 4.88 Å². The first kappa shape index (κ1) is 22.1. The van der Waals surface area contributed by atoms with Gasteiger partial charge in [-0.15, -0.1) is 11.3 Å². The quantitative estimate of drug-likeness (QED) is 0.661. The summed E-state index contributed by atoms with van der Waals surface area (Å²) < 4.78 is 0. The molecule has 1 aliphatic rings. The molecule has 1 aromatic carbocycles. The lowest BCUT2D eigenvalue weighted by Crippen LogP contribution is -2.41. The number of benzene rings is 1. The van der Waals surface area contributed by atoms with Gasteiger partial charge < -0.3 is 10.2 Å². The molecular formula is C25H33NO2S. The van der Waals surface area contributed by atoms with Crippen LogP contribution in [0.1, 0.15) is 54.8 Å². The molecule has 4 heteroatoms. The van der Waals surface area contributed by atoms with Crippen LogP contribution in [0.15, 0.2) is 42.5 Å². The Balaban J connectivity index is 1.47. The average Bonchev–Trinajstić information content (AvgIpc) is 3.16. The third-order valence-corrected chi connectivity index (χ3v) is 6.79. The molecule has 0 bridgehead atoms. The zero-order chi connectivity index (χ0) is 20.7. The second-order valence-electron chi connectivity index (χ2n) is 8.85. The highest BCUT2D eigenvalue weighted by molar-refractivity contribution is 7.12. The maximum Gasteiger partial charge on any atom is 0.120 e. The Bertz CT molecular complexity index is 818. The van der Waals surface area contributed by atoms with E-state index in [1.807, 2.05) is 6.07 Å². The van der Waals surface area contributed by atoms with Crippen molar-refractivity contribution in [3.63, 3.8) is 0 Å². The molecule has 3 rings (SSSR count). The Morgan fingerprint density at radius 3 is 2.48 bits per heavy atom.